The minimum atomic E-state index is -1.75. The molecule has 0 aliphatic rings. The number of nitrogen functional groups attached to an aromatic ring is 1. The Kier molecular flexibility index (Phi) is 57.2. The maximum Gasteiger partial charge on any atom is 2.00 e. The Morgan fingerprint density at radius 1 is 0.714 bits per heavy atom. The summed E-state index contributed by atoms with van der Waals surface area (Å²) in [6.45, 7) is 0. The Hall–Kier alpha value is -3.37. The Balaban J connectivity index is -0.0000000303. The number of hydrogen-bond acceptors (Lipinski definition) is 9. The average molecular weight is 472 g/mol. The maximum atomic E-state index is 10.5. The van der Waals surface area contributed by atoms with Gasteiger partial charge < -0.3 is 79.4 Å². The van der Waals surface area contributed by atoms with Crippen LogP contribution < -0.4 is 5.73 Å². The van der Waals surface area contributed by atoms with Crippen LogP contribution in [0.3, 0.4) is 0 Å². The van der Waals surface area contributed by atoms with Crippen molar-refractivity contribution in [3.8, 4) is 0 Å². The Labute approximate surface area is 163 Å². The second-order valence-corrected chi connectivity index (χ2v) is 2.90. The van der Waals surface area contributed by atoms with E-state index in [0.717, 1.165) is 6.07 Å². The molecule has 0 aliphatic carbocycles. The average Bonchev–Trinajstić information content (AvgIpc) is 2.26. The topological polar surface area (TPSA) is 422 Å². The third-order valence-electron chi connectivity index (χ3n) is 1.45. The van der Waals surface area contributed by atoms with Crippen LogP contribution >= 0.6 is 0 Å². The third-order valence-corrected chi connectivity index (χ3v) is 1.45. The zero-order chi connectivity index (χ0) is 17.2. The normalized spacial score (nSPS) is 6.14. The van der Waals surface area contributed by atoms with Gasteiger partial charge in [-0.25, -0.2) is 9.59 Å². The first-order chi connectivity index (χ1) is 9.47. The van der Waals surface area contributed by atoms with E-state index in [1.165, 1.54) is 12.1 Å². The first kappa shape index (κ1) is 56.3. The summed E-state index contributed by atoms with van der Waals surface area (Å²) in [6, 6.07) is 3.46. The van der Waals surface area contributed by atoms with E-state index in [9.17, 15) is 9.59 Å². The van der Waals surface area contributed by atoms with Crippen LogP contribution in [-0.4, -0.2) is 65.2 Å². The summed E-state index contributed by atoms with van der Waals surface area (Å²) in [5.74, 6) is -2.40. The van der Waals surface area contributed by atoms with Crippen molar-refractivity contribution in [2.45, 2.75) is 0 Å². The van der Waals surface area contributed by atoms with Gasteiger partial charge in [-0.05, 0) is 18.2 Å². The van der Waals surface area contributed by atoms with Crippen molar-refractivity contribution in [1.29, 1.82) is 0 Å². The van der Waals surface area contributed by atoms with Crippen LogP contribution in [0.4, 0.5) is 5.69 Å². The molecule has 0 aliphatic heterocycles. The van der Waals surface area contributed by atoms with Gasteiger partial charge in [0.05, 0.1) is 21.3 Å². The second kappa shape index (κ2) is 28.4. The molecule has 28 heavy (non-hydrogen) atoms. The molecule has 0 aromatic heterocycles. The van der Waals surface area contributed by atoms with E-state index in [4.69, 9.17) is 46.6 Å². The molecule has 0 saturated heterocycles. The molecule has 0 atom stereocenters. The minimum Gasteiger partial charge on any atom is -0.478 e. The molecule has 1 aromatic carbocycles. The minimum absolute atomic E-state index is 0. The molecule has 0 saturated carbocycles. The van der Waals surface area contributed by atoms with Gasteiger partial charge in [0, 0.05) is 5.69 Å². The number of carbonyl (C=O) groups is 2. The van der Waals surface area contributed by atoms with Crippen molar-refractivity contribution >= 4 is 17.6 Å². The van der Waals surface area contributed by atoms with Crippen molar-refractivity contribution in [2.24, 2.45) is 0 Å². The molecule has 0 spiro atoms. The predicted octanol–water partition coefficient (Wildman–Crippen LogP) is -4.76. The van der Waals surface area contributed by atoms with Gasteiger partial charge in [0.1, 0.15) is 0 Å². The van der Waals surface area contributed by atoms with E-state index < -0.39 is 22.1 Å². The number of hydrogen-bond donors (Lipinski definition) is 3. The van der Waals surface area contributed by atoms with Gasteiger partial charge in [0.25, 0.3) is 0 Å². The Morgan fingerprint density at radius 3 is 1.04 bits per heavy atom. The molecular weight excluding hydrogens is 453 g/mol. The number of benzene rings is 1. The van der Waals surface area contributed by atoms with Crippen LogP contribution in [0, 0.1) is 30.6 Å². The summed E-state index contributed by atoms with van der Waals surface area (Å²) in [7, 11) is 0. The Bertz CT molecular complexity index is 502. The molecule has 1 radical (unpaired) electrons. The number of nitrogens with two attached hydrogens (primary N) is 1. The van der Waals surface area contributed by atoms with Crippen molar-refractivity contribution < 1.29 is 79.6 Å². The molecule has 0 amide bonds. The smallest absolute Gasteiger partial charge is 0.478 e. The fourth-order valence-corrected chi connectivity index (χ4v) is 0.899. The van der Waals surface area contributed by atoms with Gasteiger partial charge in [-0.1, -0.05) is 0 Å². The zero-order valence-corrected chi connectivity index (χ0v) is 14.2. The summed E-state index contributed by atoms with van der Waals surface area (Å²) in [5, 5.41) is 46.6. The van der Waals surface area contributed by atoms with E-state index in [1.54, 1.807) is 0 Å². The molecular formula is C8H19CoN3O16. The van der Waals surface area contributed by atoms with Crippen molar-refractivity contribution in [3.63, 3.8) is 0 Å². The largest absolute Gasteiger partial charge is 2.00 e. The summed E-state index contributed by atoms with van der Waals surface area (Å²) in [4.78, 5) is 37.5. The fraction of sp³-hybridized carbons (Fsp3) is 0. The van der Waals surface area contributed by atoms with Gasteiger partial charge >= 0.3 is 28.7 Å². The number of anilines is 1. The van der Waals surface area contributed by atoms with Crippen molar-refractivity contribution in [3.05, 3.63) is 60.0 Å². The number of carboxylic acids is 2. The van der Waals surface area contributed by atoms with Crippen LogP contribution in [0.5, 0.6) is 0 Å². The van der Waals surface area contributed by atoms with E-state index in [-0.39, 0.29) is 66.5 Å². The van der Waals surface area contributed by atoms with Gasteiger partial charge in [-0.15, -0.1) is 0 Å². The van der Waals surface area contributed by atoms with E-state index >= 15 is 0 Å². The quantitative estimate of drug-likeness (QED) is 0.208. The number of nitrogens with zero attached hydrogens (tertiary/aromatic N) is 2. The van der Waals surface area contributed by atoms with Crippen LogP contribution in [0.25, 0.3) is 0 Å². The molecule has 171 valence electrons. The number of carboxylic acid groups (broad SMARTS) is 2. The summed E-state index contributed by atoms with van der Waals surface area (Å²) in [6.07, 6.45) is 0. The Morgan fingerprint density at radius 2 is 0.893 bits per heavy atom. The van der Waals surface area contributed by atoms with Gasteiger partial charge in [-0.2, -0.15) is 0 Å². The maximum absolute atomic E-state index is 10.5. The van der Waals surface area contributed by atoms with E-state index in [1.807, 2.05) is 0 Å². The molecule has 19 nitrogen and oxygen atoms in total. The van der Waals surface area contributed by atoms with Crippen molar-refractivity contribution in [1.82, 2.24) is 0 Å². The standard InChI is InChI=1S/C8H7NO4.Co.2NO3.6H2O/c9-6-2-4(7(10)11)1-5(3-6)8(12)13;;2*2-1(3)4;;;;;;/h1-3H,9H2,(H,10,11)(H,12,13);;;;6*1H2/q;+2;2*-1;;;;;;. The second-order valence-electron chi connectivity index (χ2n) is 2.90. The SMILES string of the molecule is Nc1cc(C(=O)O)cc(C(=O)O)c1.O.O.O.O.O.O.O=[N+]([O-])[O-].O=[N+]([O-])[O-].[Co+2]. The van der Waals surface area contributed by atoms with E-state index in [2.05, 4.69) is 0 Å². The van der Waals surface area contributed by atoms with Crippen LogP contribution in [0.1, 0.15) is 20.7 Å². The van der Waals surface area contributed by atoms with Crippen LogP contribution in [0.2, 0.25) is 0 Å². The van der Waals surface area contributed by atoms with Gasteiger partial charge in [0.15, 0.2) is 0 Å². The third kappa shape index (κ3) is 38.3. The number of aromatic carboxylic acids is 2. The molecule has 1 rings (SSSR count). The molecule has 1 aromatic rings. The molecule has 0 fully saturated rings. The fourth-order valence-electron chi connectivity index (χ4n) is 0.899. The first-order valence-corrected chi connectivity index (χ1v) is 4.47. The van der Waals surface area contributed by atoms with E-state index in [0.29, 0.717) is 0 Å². The van der Waals surface area contributed by atoms with Gasteiger partial charge in [-0.3, -0.25) is 0 Å². The predicted molar refractivity (Wildman–Crippen MR) is 87.2 cm³/mol. The van der Waals surface area contributed by atoms with Crippen molar-refractivity contribution in [2.75, 3.05) is 5.73 Å². The molecule has 0 bridgehead atoms. The summed E-state index contributed by atoms with van der Waals surface area (Å²) >= 11 is 0. The number of rotatable bonds is 2. The zero-order valence-electron chi connectivity index (χ0n) is 13.2. The van der Waals surface area contributed by atoms with Crippen LogP contribution in [-0.2, 0) is 16.8 Å². The van der Waals surface area contributed by atoms with Crippen LogP contribution in [0.15, 0.2) is 18.2 Å². The molecule has 20 heteroatoms. The summed E-state index contributed by atoms with van der Waals surface area (Å²) in [5.41, 5.74) is 5.18. The summed E-state index contributed by atoms with van der Waals surface area (Å²) < 4.78 is 0. The monoisotopic (exact) mass is 472 g/mol. The first-order valence-electron chi connectivity index (χ1n) is 4.47. The molecule has 16 N–H and O–H groups in total. The molecule has 0 heterocycles. The molecule has 0 unspecified atom stereocenters. The van der Waals surface area contributed by atoms with Gasteiger partial charge in [0.2, 0.25) is 0 Å².